The van der Waals surface area contributed by atoms with E-state index in [0.29, 0.717) is 22.8 Å². The number of H-pyrrole nitrogens is 1. The molecule has 2 aromatic rings. The molecule has 0 bridgehead atoms. The summed E-state index contributed by atoms with van der Waals surface area (Å²) < 4.78 is 5.05. The van der Waals surface area contributed by atoms with Gasteiger partial charge in [0, 0.05) is 6.07 Å². The van der Waals surface area contributed by atoms with Crippen LogP contribution < -0.4 is 15.8 Å². The molecule has 0 atom stereocenters. The quantitative estimate of drug-likeness (QED) is 0.694. The van der Waals surface area contributed by atoms with Crippen LogP contribution in [0.3, 0.4) is 0 Å². The third kappa shape index (κ3) is 2.20. The Labute approximate surface area is 97.8 Å². The third-order valence-electron chi connectivity index (χ3n) is 2.28. The number of carbonyl (C=O) groups excluding carboxylic acids is 1. The van der Waals surface area contributed by atoms with Gasteiger partial charge in [-0.1, -0.05) is 6.07 Å². The van der Waals surface area contributed by atoms with Crippen molar-refractivity contribution < 1.29 is 9.53 Å². The number of anilines is 2. The molecular weight excluding hydrogens is 220 g/mol. The van der Waals surface area contributed by atoms with Gasteiger partial charge in [-0.3, -0.25) is 9.89 Å². The van der Waals surface area contributed by atoms with E-state index >= 15 is 0 Å². The zero-order chi connectivity index (χ0) is 12.3. The van der Waals surface area contributed by atoms with E-state index in [2.05, 4.69) is 15.5 Å². The molecule has 6 nitrogen and oxygen atoms in total. The Morgan fingerprint density at radius 3 is 2.94 bits per heavy atom. The van der Waals surface area contributed by atoms with E-state index in [1.54, 1.807) is 30.5 Å². The molecule has 0 saturated heterocycles. The van der Waals surface area contributed by atoms with E-state index in [0.717, 1.165) is 0 Å². The molecule has 2 rings (SSSR count). The summed E-state index contributed by atoms with van der Waals surface area (Å²) in [4.78, 5) is 11.9. The fourth-order valence-corrected chi connectivity index (χ4v) is 1.44. The number of aromatic nitrogens is 2. The summed E-state index contributed by atoms with van der Waals surface area (Å²) in [7, 11) is 1.50. The number of hydrogen-bond donors (Lipinski definition) is 3. The smallest absolute Gasteiger partial charge is 0.259 e. The van der Waals surface area contributed by atoms with Crippen molar-refractivity contribution in [3.63, 3.8) is 0 Å². The molecule has 0 saturated carbocycles. The van der Waals surface area contributed by atoms with Crippen LogP contribution in [0.25, 0.3) is 0 Å². The Kier molecular flexibility index (Phi) is 2.95. The second-order valence-electron chi connectivity index (χ2n) is 3.35. The van der Waals surface area contributed by atoms with Crippen LogP contribution in [0.5, 0.6) is 5.75 Å². The summed E-state index contributed by atoms with van der Waals surface area (Å²) in [6.45, 7) is 0. The van der Waals surface area contributed by atoms with Crippen LogP contribution in [-0.4, -0.2) is 23.2 Å². The van der Waals surface area contributed by atoms with E-state index in [4.69, 9.17) is 10.5 Å². The number of aromatic amines is 1. The van der Waals surface area contributed by atoms with E-state index in [-0.39, 0.29) is 5.91 Å². The van der Waals surface area contributed by atoms with Crippen LogP contribution in [0.15, 0.2) is 30.5 Å². The van der Waals surface area contributed by atoms with E-state index < -0.39 is 0 Å². The lowest BCUT2D eigenvalue weighted by atomic mass is 10.1. The molecule has 6 heteroatoms. The van der Waals surface area contributed by atoms with Gasteiger partial charge in [-0.15, -0.1) is 0 Å². The number of nitrogens with zero attached hydrogens (tertiary/aromatic N) is 1. The van der Waals surface area contributed by atoms with Crippen molar-refractivity contribution in [3.8, 4) is 5.75 Å². The number of nitrogen functional groups attached to an aromatic ring is 1. The average molecular weight is 232 g/mol. The first-order valence-corrected chi connectivity index (χ1v) is 4.95. The van der Waals surface area contributed by atoms with Gasteiger partial charge < -0.3 is 15.8 Å². The largest absolute Gasteiger partial charge is 0.495 e. The van der Waals surface area contributed by atoms with Crippen molar-refractivity contribution in [1.82, 2.24) is 10.2 Å². The lowest BCUT2D eigenvalue weighted by Crippen LogP contribution is -2.14. The van der Waals surface area contributed by atoms with Gasteiger partial charge in [0.05, 0.1) is 24.6 Å². The molecule has 0 unspecified atom stereocenters. The fourth-order valence-electron chi connectivity index (χ4n) is 1.44. The molecule has 88 valence electrons. The molecule has 0 aliphatic carbocycles. The highest BCUT2D eigenvalue weighted by molar-refractivity contribution is 6.08. The predicted molar refractivity (Wildman–Crippen MR) is 63.9 cm³/mol. The Morgan fingerprint density at radius 1 is 1.47 bits per heavy atom. The van der Waals surface area contributed by atoms with Crippen molar-refractivity contribution in [1.29, 1.82) is 0 Å². The van der Waals surface area contributed by atoms with Crippen molar-refractivity contribution in [2.75, 3.05) is 18.2 Å². The van der Waals surface area contributed by atoms with Crippen LogP contribution >= 0.6 is 0 Å². The lowest BCUT2D eigenvalue weighted by molar-refractivity contribution is 0.102. The lowest BCUT2D eigenvalue weighted by Gasteiger charge is -2.09. The predicted octanol–water partition coefficient (Wildman–Crippen LogP) is 1.25. The second kappa shape index (κ2) is 4.56. The summed E-state index contributed by atoms with van der Waals surface area (Å²) in [5, 5.41) is 9.00. The highest BCUT2D eigenvalue weighted by Crippen LogP contribution is 2.25. The average Bonchev–Trinajstić information content (AvgIpc) is 2.82. The molecule has 0 spiro atoms. The van der Waals surface area contributed by atoms with Crippen LogP contribution in [0, 0.1) is 0 Å². The zero-order valence-corrected chi connectivity index (χ0v) is 9.23. The summed E-state index contributed by atoms with van der Waals surface area (Å²) in [5.74, 6) is 0.671. The molecule has 0 aliphatic rings. The fraction of sp³-hybridized carbons (Fsp3) is 0.0909. The summed E-state index contributed by atoms with van der Waals surface area (Å²) in [5.41, 5.74) is 6.48. The summed E-state index contributed by atoms with van der Waals surface area (Å²) in [6, 6.07) is 6.68. The first kappa shape index (κ1) is 11.0. The molecule has 1 amide bonds. The zero-order valence-electron chi connectivity index (χ0n) is 9.23. The molecule has 1 aromatic carbocycles. The van der Waals surface area contributed by atoms with Crippen LogP contribution in [0.1, 0.15) is 10.4 Å². The highest BCUT2D eigenvalue weighted by Gasteiger charge is 2.13. The molecule has 0 aliphatic heterocycles. The minimum Gasteiger partial charge on any atom is -0.495 e. The van der Waals surface area contributed by atoms with E-state index in [1.807, 2.05) is 0 Å². The summed E-state index contributed by atoms with van der Waals surface area (Å²) >= 11 is 0. The molecule has 0 radical (unpaired) electrons. The van der Waals surface area contributed by atoms with Crippen molar-refractivity contribution >= 4 is 17.4 Å². The first-order chi connectivity index (χ1) is 8.22. The molecule has 0 fully saturated rings. The van der Waals surface area contributed by atoms with Gasteiger partial charge in [-0.25, -0.2) is 0 Å². The number of methoxy groups -OCH3 is 1. The van der Waals surface area contributed by atoms with Gasteiger partial charge in [-0.05, 0) is 12.1 Å². The number of hydrogen-bond acceptors (Lipinski definition) is 4. The first-order valence-electron chi connectivity index (χ1n) is 4.95. The highest BCUT2D eigenvalue weighted by atomic mass is 16.5. The maximum Gasteiger partial charge on any atom is 0.259 e. The minimum absolute atomic E-state index is 0.312. The molecule has 1 heterocycles. The standard InChI is InChI=1S/C11H12N4O2/c1-17-8-4-2-3-7(10(8)12)11(16)14-9-5-6-13-15-9/h2-6H,12H2,1H3,(H2,13,14,15,16). The number of nitrogens with one attached hydrogen (secondary N) is 2. The minimum atomic E-state index is -0.314. The molecule has 1 aromatic heterocycles. The van der Waals surface area contributed by atoms with Gasteiger partial charge in [0.15, 0.2) is 0 Å². The van der Waals surface area contributed by atoms with Gasteiger partial charge >= 0.3 is 0 Å². The maximum absolute atomic E-state index is 11.9. The number of rotatable bonds is 3. The number of amides is 1. The Hall–Kier alpha value is -2.50. The van der Waals surface area contributed by atoms with Crippen molar-refractivity contribution in [2.45, 2.75) is 0 Å². The number of para-hydroxylation sites is 1. The number of nitrogens with two attached hydrogens (primary N) is 1. The van der Waals surface area contributed by atoms with Crippen LogP contribution in [0.4, 0.5) is 11.5 Å². The van der Waals surface area contributed by atoms with Crippen molar-refractivity contribution in [3.05, 3.63) is 36.0 Å². The van der Waals surface area contributed by atoms with E-state index in [1.165, 1.54) is 7.11 Å². The molecule has 17 heavy (non-hydrogen) atoms. The van der Waals surface area contributed by atoms with E-state index in [9.17, 15) is 4.79 Å². The SMILES string of the molecule is COc1cccc(C(=O)Nc2ccn[nH]2)c1N. The number of ether oxygens (including phenoxy) is 1. The van der Waals surface area contributed by atoms with Gasteiger partial charge in [0.25, 0.3) is 5.91 Å². The maximum atomic E-state index is 11.9. The van der Waals surface area contributed by atoms with Gasteiger partial charge in [0.1, 0.15) is 11.6 Å². The van der Waals surface area contributed by atoms with Crippen molar-refractivity contribution in [2.24, 2.45) is 0 Å². The number of carbonyl (C=O) groups is 1. The molecular formula is C11H12N4O2. The second-order valence-corrected chi connectivity index (χ2v) is 3.35. The van der Waals surface area contributed by atoms with Crippen LogP contribution in [-0.2, 0) is 0 Å². The molecule has 4 N–H and O–H groups in total. The third-order valence-corrected chi connectivity index (χ3v) is 2.28. The van der Waals surface area contributed by atoms with Crippen LogP contribution in [0.2, 0.25) is 0 Å². The Morgan fingerprint density at radius 2 is 2.29 bits per heavy atom. The topological polar surface area (TPSA) is 93.0 Å². The normalized spacial score (nSPS) is 9.94. The Bertz CT molecular complexity index is 522. The Balaban J connectivity index is 2.25. The monoisotopic (exact) mass is 232 g/mol. The summed E-state index contributed by atoms with van der Waals surface area (Å²) in [6.07, 6.45) is 1.55. The van der Waals surface area contributed by atoms with Gasteiger partial charge in [0.2, 0.25) is 0 Å². The number of benzene rings is 1. The van der Waals surface area contributed by atoms with Gasteiger partial charge in [-0.2, -0.15) is 5.10 Å².